The predicted molar refractivity (Wildman–Crippen MR) is 100.0 cm³/mol. The first kappa shape index (κ1) is 19.7. The smallest absolute Gasteiger partial charge is 0.287 e. The van der Waals surface area contributed by atoms with Crippen molar-refractivity contribution < 1.29 is 4.79 Å². The minimum atomic E-state index is -0.648. The monoisotopic (exact) mass is 402 g/mol. The summed E-state index contributed by atoms with van der Waals surface area (Å²) in [4.78, 5) is 24.4. The van der Waals surface area contributed by atoms with Gasteiger partial charge in [-0.3, -0.25) is 15.0 Å². The van der Waals surface area contributed by atoms with Gasteiger partial charge in [0.25, 0.3) is 5.91 Å². The highest BCUT2D eigenvalue weighted by atomic mass is 35.5. The van der Waals surface area contributed by atoms with Crippen LogP contribution in [0, 0.1) is 6.92 Å². The van der Waals surface area contributed by atoms with E-state index in [0.717, 1.165) is 0 Å². The van der Waals surface area contributed by atoms with E-state index < -0.39 is 11.3 Å². The van der Waals surface area contributed by atoms with Gasteiger partial charge in [-0.15, -0.1) is 0 Å². The Labute approximate surface area is 160 Å². The van der Waals surface area contributed by atoms with Crippen molar-refractivity contribution in [3.63, 3.8) is 0 Å². The highest BCUT2D eigenvalue weighted by molar-refractivity contribution is 6.43. The fourth-order valence-corrected chi connectivity index (χ4v) is 2.55. The zero-order valence-corrected chi connectivity index (χ0v) is 16.3. The molecule has 2 aromatic rings. The number of carbonyl (C=O) groups excluding carboxylic acids is 1. The van der Waals surface area contributed by atoms with E-state index in [2.05, 4.69) is 16.0 Å². The summed E-state index contributed by atoms with van der Waals surface area (Å²) in [7, 11) is 0. The summed E-state index contributed by atoms with van der Waals surface area (Å²) in [5, 5.41) is 5.00. The molecule has 1 aromatic heterocycles. The topological polar surface area (TPSA) is 76.0 Å². The second-order valence-corrected chi connectivity index (χ2v) is 7.68. The van der Waals surface area contributed by atoms with Crippen molar-refractivity contribution >= 4 is 40.7 Å². The molecule has 2 rings (SSSR count). The number of aromatic nitrogens is 2. The predicted octanol–water partition coefficient (Wildman–Crippen LogP) is 3.53. The fourth-order valence-electron chi connectivity index (χ4n) is 1.93. The summed E-state index contributed by atoms with van der Waals surface area (Å²) < 4.78 is 1.37. The molecule has 0 spiro atoms. The number of carbonyl (C=O) groups is 1. The number of amides is 1. The van der Waals surface area contributed by atoms with Gasteiger partial charge in [-0.05, 0) is 39.8 Å². The van der Waals surface area contributed by atoms with Gasteiger partial charge in [0.2, 0.25) is 5.43 Å². The molecule has 0 atom stereocenters. The number of hydrazine groups is 1. The molecule has 0 aliphatic heterocycles. The van der Waals surface area contributed by atoms with E-state index in [0.29, 0.717) is 16.4 Å². The third-order valence-corrected chi connectivity index (χ3v) is 4.12. The van der Waals surface area contributed by atoms with Crippen LogP contribution in [0.2, 0.25) is 15.1 Å². The lowest BCUT2D eigenvalue weighted by molar-refractivity contribution is 0.0906. The van der Waals surface area contributed by atoms with E-state index in [1.54, 1.807) is 6.92 Å². The molecule has 6 nitrogen and oxygen atoms in total. The quantitative estimate of drug-likeness (QED) is 0.607. The van der Waals surface area contributed by atoms with E-state index in [1.165, 1.54) is 22.9 Å². The normalized spacial score (nSPS) is 11.5. The van der Waals surface area contributed by atoms with E-state index >= 15 is 0 Å². The largest absolute Gasteiger partial charge is 0.289 e. The molecular weight excluding hydrogens is 387 g/mol. The van der Waals surface area contributed by atoms with Crippen LogP contribution in [-0.4, -0.2) is 21.2 Å². The maximum Gasteiger partial charge on any atom is 0.289 e. The zero-order valence-electron chi connectivity index (χ0n) is 14.1. The molecule has 0 aliphatic rings. The minimum absolute atomic E-state index is 0.274. The SMILES string of the molecule is Cc1cc(=O)c(C(=O)NNC(C)(C)C)nn1-c1cc(Cl)c(Cl)cc1Cl. The molecule has 9 heteroatoms. The summed E-state index contributed by atoms with van der Waals surface area (Å²) in [5.41, 5.74) is 5.02. The van der Waals surface area contributed by atoms with Gasteiger partial charge in [-0.2, -0.15) is 5.10 Å². The van der Waals surface area contributed by atoms with Crippen molar-refractivity contribution in [3.8, 4) is 5.69 Å². The van der Waals surface area contributed by atoms with Gasteiger partial charge < -0.3 is 0 Å². The first-order valence-electron chi connectivity index (χ1n) is 7.33. The molecule has 0 saturated carbocycles. The maximum atomic E-state index is 12.3. The van der Waals surface area contributed by atoms with Crippen LogP contribution in [0.5, 0.6) is 0 Å². The van der Waals surface area contributed by atoms with Gasteiger partial charge in [0.15, 0.2) is 5.69 Å². The lowest BCUT2D eigenvalue weighted by Crippen LogP contribution is -2.50. The van der Waals surface area contributed by atoms with E-state index in [9.17, 15) is 9.59 Å². The summed E-state index contributed by atoms with van der Waals surface area (Å²) in [6, 6.07) is 4.30. The lowest BCUT2D eigenvalue weighted by Gasteiger charge is -2.21. The van der Waals surface area contributed by atoms with Crippen molar-refractivity contribution in [1.29, 1.82) is 0 Å². The van der Waals surface area contributed by atoms with Crippen molar-refractivity contribution in [2.75, 3.05) is 0 Å². The molecular formula is C16H17Cl3N4O2. The van der Waals surface area contributed by atoms with Crippen LogP contribution in [-0.2, 0) is 0 Å². The first-order chi connectivity index (χ1) is 11.5. The van der Waals surface area contributed by atoms with Crippen LogP contribution >= 0.6 is 34.8 Å². The third-order valence-electron chi connectivity index (χ3n) is 3.09. The zero-order chi connectivity index (χ0) is 18.9. The number of hydrogen-bond donors (Lipinski definition) is 2. The third kappa shape index (κ3) is 4.73. The van der Waals surface area contributed by atoms with E-state index in [-0.39, 0.29) is 21.3 Å². The highest BCUT2D eigenvalue weighted by Gasteiger charge is 2.19. The van der Waals surface area contributed by atoms with Gasteiger partial charge in [-0.25, -0.2) is 10.1 Å². The van der Waals surface area contributed by atoms with Gasteiger partial charge in [0.1, 0.15) is 0 Å². The van der Waals surface area contributed by atoms with Gasteiger partial charge >= 0.3 is 0 Å². The number of aryl methyl sites for hydroxylation is 1. The summed E-state index contributed by atoms with van der Waals surface area (Å²) in [6.45, 7) is 7.26. The van der Waals surface area contributed by atoms with Crippen LogP contribution in [0.3, 0.4) is 0 Å². The average Bonchev–Trinajstić information content (AvgIpc) is 2.48. The van der Waals surface area contributed by atoms with Gasteiger partial charge in [0.05, 0.1) is 20.8 Å². The molecule has 0 unspecified atom stereocenters. The Hall–Kier alpha value is -1.60. The number of hydrogen-bond acceptors (Lipinski definition) is 4. The molecule has 1 heterocycles. The summed E-state index contributed by atoms with van der Waals surface area (Å²) in [6.07, 6.45) is 0. The van der Waals surface area contributed by atoms with Crippen molar-refractivity contribution in [3.05, 3.63) is 54.9 Å². The molecule has 134 valence electrons. The Morgan fingerprint density at radius 3 is 2.28 bits per heavy atom. The molecule has 0 bridgehead atoms. The van der Waals surface area contributed by atoms with Crippen molar-refractivity contribution in [1.82, 2.24) is 20.6 Å². The molecule has 1 amide bonds. The molecule has 0 saturated heterocycles. The van der Waals surface area contributed by atoms with Crippen molar-refractivity contribution in [2.24, 2.45) is 0 Å². The maximum absolute atomic E-state index is 12.3. The molecule has 0 fully saturated rings. The summed E-state index contributed by atoms with van der Waals surface area (Å²) >= 11 is 18.2. The number of nitrogens with one attached hydrogen (secondary N) is 2. The van der Waals surface area contributed by atoms with Crippen molar-refractivity contribution in [2.45, 2.75) is 33.2 Å². The van der Waals surface area contributed by atoms with Crippen LogP contribution in [0.25, 0.3) is 5.69 Å². The standard InChI is InChI=1S/C16H17Cl3N4O2/c1-8-5-13(24)14(15(25)20-22-16(2,3)4)21-23(8)12-7-10(18)9(17)6-11(12)19/h5-7,22H,1-4H3,(H,20,25). The molecule has 1 aromatic carbocycles. The lowest BCUT2D eigenvalue weighted by atomic mass is 10.1. The van der Waals surface area contributed by atoms with Gasteiger partial charge in [0, 0.05) is 17.3 Å². The summed E-state index contributed by atoms with van der Waals surface area (Å²) in [5.74, 6) is -0.648. The second kappa shape index (κ2) is 7.33. The number of rotatable bonds is 3. The van der Waals surface area contributed by atoms with E-state index in [4.69, 9.17) is 34.8 Å². The fraction of sp³-hybridized carbons (Fsp3) is 0.312. The number of halogens is 3. The Bertz CT molecular complexity index is 888. The average molecular weight is 404 g/mol. The van der Waals surface area contributed by atoms with Gasteiger partial charge in [-0.1, -0.05) is 34.8 Å². The minimum Gasteiger partial charge on any atom is -0.287 e. The molecule has 0 aliphatic carbocycles. The molecule has 25 heavy (non-hydrogen) atoms. The number of benzene rings is 1. The van der Waals surface area contributed by atoms with Crippen LogP contribution in [0.15, 0.2) is 23.0 Å². The Balaban J connectivity index is 2.50. The first-order valence-corrected chi connectivity index (χ1v) is 8.46. The Kier molecular flexibility index (Phi) is 5.79. The van der Waals surface area contributed by atoms with Crippen LogP contribution in [0.4, 0.5) is 0 Å². The number of nitrogens with zero attached hydrogens (tertiary/aromatic N) is 2. The van der Waals surface area contributed by atoms with E-state index in [1.807, 2.05) is 20.8 Å². The second-order valence-electron chi connectivity index (χ2n) is 6.46. The Morgan fingerprint density at radius 1 is 1.08 bits per heavy atom. The van der Waals surface area contributed by atoms with Crippen LogP contribution in [0.1, 0.15) is 37.0 Å². The Morgan fingerprint density at radius 2 is 1.68 bits per heavy atom. The highest BCUT2D eigenvalue weighted by Crippen LogP contribution is 2.31. The van der Waals surface area contributed by atoms with Crippen LogP contribution < -0.4 is 16.3 Å². The molecule has 2 N–H and O–H groups in total. The molecule has 0 radical (unpaired) electrons.